The molecule has 7 heteroatoms. The standard InChI is InChI=1S/C11H21N5O2/c1-15-3-5-18-11(9-15)7-12-6-10-8-16(2-4-17)14-13-10/h8,11-12,17H,2-7,9H2,1H3. The van der Waals surface area contributed by atoms with Gasteiger partial charge in [0.1, 0.15) is 0 Å². The lowest BCUT2D eigenvalue weighted by atomic mass is 10.3. The van der Waals surface area contributed by atoms with Crippen molar-refractivity contribution in [1.82, 2.24) is 25.2 Å². The molecule has 0 amide bonds. The molecule has 1 fully saturated rings. The van der Waals surface area contributed by atoms with E-state index in [0.29, 0.717) is 13.1 Å². The number of aliphatic hydroxyl groups is 1. The number of hydrogen-bond acceptors (Lipinski definition) is 6. The Morgan fingerprint density at radius 2 is 2.50 bits per heavy atom. The maximum atomic E-state index is 8.77. The van der Waals surface area contributed by atoms with Gasteiger partial charge in [0.2, 0.25) is 0 Å². The van der Waals surface area contributed by atoms with Crippen LogP contribution >= 0.6 is 0 Å². The lowest BCUT2D eigenvalue weighted by Crippen LogP contribution is -2.44. The molecule has 1 atom stereocenters. The minimum atomic E-state index is 0.0818. The molecule has 0 aromatic carbocycles. The van der Waals surface area contributed by atoms with E-state index in [-0.39, 0.29) is 12.7 Å². The van der Waals surface area contributed by atoms with E-state index in [4.69, 9.17) is 9.84 Å². The van der Waals surface area contributed by atoms with Gasteiger partial charge in [-0.05, 0) is 7.05 Å². The highest BCUT2D eigenvalue weighted by atomic mass is 16.5. The molecule has 0 aliphatic carbocycles. The Balaban J connectivity index is 1.67. The van der Waals surface area contributed by atoms with E-state index in [1.54, 1.807) is 4.68 Å². The Morgan fingerprint density at radius 3 is 3.28 bits per heavy atom. The molecular weight excluding hydrogens is 234 g/mol. The maximum Gasteiger partial charge on any atom is 0.0964 e. The summed E-state index contributed by atoms with van der Waals surface area (Å²) < 4.78 is 7.29. The van der Waals surface area contributed by atoms with E-state index in [0.717, 1.165) is 31.9 Å². The Morgan fingerprint density at radius 1 is 1.61 bits per heavy atom. The second-order valence-corrected chi connectivity index (χ2v) is 4.58. The molecule has 1 saturated heterocycles. The monoisotopic (exact) mass is 255 g/mol. The van der Waals surface area contributed by atoms with Crippen LogP contribution in [-0.4, -0.2) is 71.0 Å². The highest BCUT2D eigenvalue weighted by Gasteiger charge is 2.16. The third-order valence-corrected chi connectivity index (χ3v) is 2.94. The number of nitrogens with zero attached hydrogens (tertiary/aromatic N) is 4. The summed E-state index contributed by atoms with van der Waals surface area (Å²) in [6.07, 6.45) is 2.09. The fourth-order valence-corrected chi connectivity index (χ4v) is 1.98. The van der Waals surface area contributed by atoms with Gasteiger partial charge in [-0.1, -0.05) is 5.21 Å². The predicted octanol–water partition coefficient (Wildman–Crippen LogP) is -1.31. The molecule has 1 aliphatic heterocycles. The first-order chi connectivity index (χ1) is 8.78. The summed E-state index contributed by atoms with van der Waals surface area (Å²) in [4.78, 5) is 2.27. The Kier molecular flexibility index (Phi) is 5.06. The first-order valence-electron chi connectivity index (χ1n) is 6.28. The topological polar surface area (TPSA) is 75.4 Å². The van der Waals surface area contributed by atoms with Crippen molar-refractivity contribution in [2.24, 2.45) is 0 Å². The van der Waals surface area contributed by atoms with Crippen molar-refractivity contribution in [3.63, 3.8) is 0 Å². The molecule has 0 spiro atoms. The van der Waals surface area contributed by atoms with Gasteiger partial charge < -0.3 is 20.1 Å². The molecule has 2 heterocycles. The largest absolute Gasteiger partial charge is 0.394 e. The van der Waals surface area contributed by atoms with E-state index >= 15 is 0 Å². The molecule has 0 radical (unpaired) electrons. The summed E-state index contributed by atoms with van der Waals surface area (Å²) in [7, 11) is 2.11. The average molecular weight is 255 g/mol. The summed E-state index contributed by atoms with van der Waals surface area (Å²) in [5, 5.41) is 20.0. The summed E-state index contributed by atoms with van der Waals surface area (Å²) in [6, 6.07) is 0. The zero-order chi connectivity index (χ0) is 12.8. The van der Waals surface area contributed by atoms with Crippen LogP contribution in [0.3, 0.4) is 0 Å². The van der Waals surface area contributed by atoms with Crippen LogP contribution in [0.2, 0.25) is 0 Å². The van der Waals surface area contributed by atoms with Gasteiger partial charge in [-0.25, -0.2) is 4.68 Å². The Hall–Kier alpha value is -1.02. The second kappa shape index (κ2) is 6.79. The lowest BCUT2D eigenvalue weighted by Gasteiger charge is -2.30. The third-order valence-electron chi connectivity index (χ3n) is 2.94. The van der Waals surface area contributed by atoms with Crippen molar-refractivity contribution in [3.8, 4) is 0 Å². The van der Waals surface area contributed by atoms with Crippen molar-refractivity contribution in [2.45, 2.75) is 19.2 Å². The van der Waals surface area contributed by atoms with E-state index < -0.39 is 0 Å². The van der Waals surface area contributed by atoms with Crippen LogP contribution in [-0.2, 0) is 17.8 Å². The van der Waals surface area contributed by atoms with Crippen LogP contribution in [0.25, 0.3) is 0 Å². The average Bonchev–Trinajstić information content (AvgIpc) is 2.78. The van der Waals surface area contributed by atoms with E-state index in [1.807, 2.05) is 6.20 Å². The first-order valence-corrected chi connectivity index (χ1v) is 6.28. The fraction of sp³-hybridized carbons (Fsp3) is 0.818. The molecule has 0 saturated carbocycles. The predicted molar refractivity (Wildman–Crippen MR) is 66.1 cm³/mol. The van der Waals surface area contributed by atoms with Gasteiger partial charge in [-0.15, -0.1) is 5.10 Å². The first kappa shape index (κ1) is 13.4. The van der Waals surface area contributed by atoms with Gasteiger partial charge in [0.05, 0.1) is 31.6 Å². The summed E-state index contributed by atoms with van der Waals surface area (Å²) >= 11 is 0. The smallest absolute Gasteiger partial charge is 0.0964 e. The minimum absolute atomic E-state index is 0.0818. The van der Waals surface area contributed by atoms with Crippen molar-refractivity contribution < 1.29 is 9.84 Å². The zero-order valence-corrected chi connectivity index (χ0v) is 10.7. The lowest BCUT2D eigenvalue weighted by molar-refractivity contribution is -0.0182. The SMILES string of the molecule is CN1CCOC(CNCc2cn(CCO)nn2)C1. The summed E-state index contributed by atoms with van der Waals surface area (Å²) in [5.41, 5.74) is 0.882. The number of rotatable bonds is 6. The number of nitrogens with one attached hydrogen (secondary N) is 1. The van der Waals surface area contributed by atoms with Crippen molar-refractivity contribution in [2.75, 3.05) is 39.9 Å². The number of aliphatic hydroxyl groups excluding tert-OH is 1. The highest BCUT2D eigenvalue weighted by Crippen LogP contribution is 2.02. The quantitative estimate of drug-likeness (QED) is 0.657. The molecule has 1 aromatic rings. The van der Waals surface area contributed by atoms with Crippen LogP contribution in [0.1, 0.15) is 5.69 Å². The summed E-state index contributed by atoms with van der Waals surface area (Å²) in [5.74, 6) is 0. The molecule has 7 nitrogen and oxygen atoms in total. The molecule has 2 N–H and O–H groups in total. The maximum absolute atomic E-state index is 8.77. The number of morpholine rings is 1. The van der Waals surface area contributed by atoms with Gasteiger partial charge >= 0.3 is 0 Å². The van der Waals surface area contributed by atoms with E-state index in [9.17, 15) is 0 Å². The molecule has 102 valence electrons. The number of hydrogen-bond donors (Lipinski definition) is 2. The minimum Gasteiger partial charge on any atom is -0.394 e. The number of likely N-dealkylation sites (N-methyl/N-ethyl adjacent to an activating group) is 1. The molecule has 18 heavy (non-hydrogen) atoms. The van der Waals surface area contributed by atoms with Crippen molar-refractivity contribution >= 4 is 0 Å². The van der Waals surface area contributed by atoms with Crippen molar-refractivity contribution in [3.05, 3.63) is 11.9 Å². The molecular formula is C11H21N5O2. The van der Waals surface area contributed by atoms with Gasteiger partial charge in [0.25, 0.3) is 0 Å². The molecule has 1 unspecified atom stereocenters. The Labute approximate surface area is 107 Å². The number of aromatic nitrogens is 3. The van der Waals surface area contributed by atoms with Gasteiger partial charge in [-0.3, -0.25) is 0 Å². The highest BCUT2D eigenvalue weighted by molar-refractivity contribution is 4.91. The Bertz CT molecular complexity index is 357. The fourth-order valence-electron chi connectivity index (χ4n) is 1.98. The molecule has 1 aromatic heterocycles. The second-order valence-electron chi connectivity index (χ2n) is 4.58. The van der Waals surface area contributed by atoms with Crippen LogP contribution in [0.15, 0.2) is 6.20 Å². The zero-order valence-electron chi connectivity index (χ0n) is 10.7. The van der Waals surface area contributed by atoms with Crippen LogP contribution < -0.4 is 5.32 Å². The van der Waals surface area contributed by atoms with Gasteiger partial charge in [-0.2, -0.15) is 0 Å². The summed E-state index contributed by atoms with van der Waals surface area (Å²) in [6.45, 7) is 4.83. The normalized spacial score (nSPS) is 21.3. The molecule has 0 bridgehead atoms. The third kappa shape index (κ3) is 4.02. The van der Waals surface area contributed by atoms with Gasteiger partial charge in [0.15, 0.2) is 0 Å². The van der Waals surface area contributed by atoms with Crippen LogP contribution in [0, 0.1) is 0 Å². The van der Waals surface area contributed by atoms with Crippen LogP contribution in [0.5, 0.6) is 0 Å². The van der Waals surface area contributed by atoms with Gasteiger partial charge in [0, 0.05) is 32.4 Å². The van der Waals surface area contributed by atoms with Crippen molar-refractivity contribution in [1.29, 1.82) is 0 Å². The number of ether oxygens (including phenoxy) is 1. The van der Waals surface area contributed by atoms with E-state index in [2.05, 4.69) is 27.6 Å². The molecule has 2 rings (SSSR count). The van der Waals surface area contributed by atoms with E-state index in [1.165, 1.54) is 0 Å². The van der Waals surface area contributed by atoms with Crippen LogP contribution in [0.4, 0.5) is 0 Å². The molecule has 1 aliphatic rings.